The summed E-state index contributed by atoms with van der Waals surface area (Å²) in [5.41, 5.74) is 4.13. The first-order chi connectivity index (χ1) is 16.5. The number of esters is 1. The number of carbonyl (C=O) groups is 1. The Hall–Kier alpha value is -1.69. The molecule has 3 rings (SSSR count). The van der Waals surface area contributed by atoms with E-state index in [1.165, 1.54) is 18.4 Å². The summed E-state index contributed by atoms with van der Waals surface area (Å²) in [5.74, 6) is -1.61. The Morgan fingerprint density at radius 2 is 1.91 bits per heavy atom. The van der Waals surface area contributed by atoms with Gasteiger partial charge in [-0.3, -0.25) is 0 Å². The highest BCUT2D eigenvalue weighted by molar-refractivity contribution is 5.71. The van der Waals surface area contributed by atoms with Crippen LogP contribution in [0.1, 0.15) is 98.8 Å². The molecule has 0 aromatic heterocycles. The smallest absolute Gasteiger partial charge is 0.332 e. The van der Waals surface area contributed by atoms with Crippen molar-refractivity contribution in [1.82, 2.24) is 0 Å². The molecule has 2 fully saturated rings. The zero-order valence-electron chi connectivity index (χ0n) is 22.5. The van der Waals surface area contributed by atoms with E-state index in [1.54, 1.807) is 5.57 Å². The van der Waals surface area contributed by atoms with Crippen molar-refractivity contribution in [3.05, 3.63) is 47.1 Å². The average Bonchev–Trinajstić information content (AvgIpc) is 3.19. The van der Waals surface area contributed by atoms with Crippen LogP contribution < -0.4 is 0 Å². The van der Waals surface area contributed by atoms with Crippen LogP contribution in [0.25, 0.3) is 0 Å². The molecule has 196 valence electrons. The molecule has 35 heavy (non-hydrogen) atoms. The van der Waals surface area contributed by atoms with Crippen LogP contribution in [0, 0.1) is 11.3 Å². The molecule has 0 aromatic rings. The van der Waals surface area contributed by atoms with Gasteiger partial charge < -0.3 is 19.7 Å². The number of fused-ring (bicyclic) bond motifs is 1. The van der Waals surface area contributed by atoms with E-state index < -0.39 is 23.5 Å². The Bertz CT molecular complexity index is 884. The third-order valence-electron chi connectivity index (χ3n) is 9.11. The van der Waals surface area contributed by atoms with Crippen molar-refractivity contribution in [1.29, 1.82) is 0 Å². The molecule has 0 heterocycles. The number of allylic oxidation sites excluding steroid dienone is 5. The maximum atomic E-state index is 12.5. The van der Waals surface area contributed by atoms with Gasteiger partial charge in [0, 0.05) is 12.8 Å². The van der Waals surface area contributed by atoms with Crippen LogP contribution in [0.2, 0.25) is 0 Å². The number of hydrogen-bond acceptors (Lipinski definition) is 5. The van der Waals surface area contributed by atoms with E-state index in [-0.39, 0.29) is 24.9 Å². The summed E-state index contributed by atoms with van der Waals surface area (Å²) in [7, 11) is 0. The molecule has 2 N–H and O–H groups in total. The van der Waals surface area contributed by atoms with Crippen molar-refractivity contribution in [3.63, 3.8) is 0 Å². The van der Waals surface area contributed by atoms with Crippen LogP contribution in [0.5, 0.6) is 0 Å². The minimum absolute atomic E-state index is 0.0159. The number of rotatable bonds is 9. The zero-order valence-corrected chi connectivity index (χ0v) is 22.5. The van der Waals surface area contributed by atoms with Crippen LogP contribution in [-0.2, 0) is 14.3 Å². The van der Waals surface area contributed by atoms with Crippen LogP contribution in [0.3, 0.4) is 0 Å². The Morgan fingerprint density at radius 3 is 2.54 bits per heavy atom. The normalized spacial score (nSPS) is 33.7. The van der Waals surface area contributed by atoms with Crippen molar-refractivity contribution >= 4 is 5.97 Å². The van der Waals surface area contributed by atoms with Gasteiger partial charge in [0.1, 0.15) is 12.2 Å². The molecule has 5 heteroatoms. The monoisotopic (exact) mass is 486 g/mol. The molecule has 3 aliphatic rings. The number of carbonyl (C=O) groups excluding carboxylic acids is 1. The maximum absolute atomic E-state index is 12.5. The summed E-state index contributed by atoms with van der Waals surface area (Å²) in [6.07, 6.45) is 13.7. The topological polar surface area (TPSA) is 76.0 Å². The van der Waals surface area contributed by atoms with Gasteiger partial charge in [-0.05, 0) is 73.8 Å². The van der Waals surface area contributed by atoms with Gasteiger partial charge in [0.15, 0.2) is 5.79 Å². The van der Waals surface area contributed by atoms with Gasteiger partial charge in [-0.1, -0.05) is 70.6 Å². The second kappa shape index (κ2) is 11.1. The number of hydrogen-bond donors (Lipinski definition) is 2. The van der Waals surface area contributed by atoms with E-state index in [0.717, 1.165) is 44.1 Å². The summed E-state index contributed by atoms with van der Waals surface area (Å²) in [5, 5.41) is 21.8. The van der Waals surface area contributed by atoms with Crippen molar-refractivity contribution in [3.8, 4) is 0 Å². The van der Waals surface area contributed by atoms with Crippen molar-refractivity contribution < 1.29 is 24.5 Å². The molecular formula is C30H46O5. The minimum Gasteiger partial charge on any atom is -0.457 e. The molecule has 0 saturated heterocycles. The second-order valence-electron chi connectivity index (χ2n) is 11.0. The van der Waals surface area contributed by atoms with Gasteiger partial charge in [-0.15, -0.1) is 0 Å². The number of ether oxygens (including phenoxy) is 2. The lowest BCUT2D eigenvalue weighted by molar-refractivity contribution is -0.229. The fraction of sp³-hybridized carbons (Fsp3) is 0.700. The molecule has 0 bridgehead atoms. The first kappa shape index (κ1) is 27.9. The molecule has 0 aliphatic heterocycles. The van der Waals surface area contributed by atoms with Gasteiger partial charge in [0.25, 0.3) is 0 Å². The Balaban J connectivity index is 1.71. The van der Waals surface area contributed by atoms with Crippen molar-refractivity contribution in [2.45, 2.75) is 116 Å². The Kier molecular flexibility index (Phi) is 8.88. The Labute approximate surface area is 212 Å². The van der Waals surface area contributed by atoms with Gasteiger partial charge in [0.2, 0.25) is 0 Å². The highest BCUT2D eigenvalue weighted by Crippen LogP contribution is 2.55. The lowest BCUT2D eigenvalue weighted by Crippen LogP contribution is -2.44. The first-order valence-corrected chi connectivity index (χ1v) is 13.6. The first-order valence-electron chi connectivity index (χ1n) is 13.6. The zero-order chi connectivity index (χ0) is 25.9. The summed E-state index contributed by atoms with van der Waals surface area (Å²) in [4.78, 5) is 12.5. The molecule has 0 amide bonds. The van der Waals surface area contributed by atoms with E-state index in [9.17, 15) is 15.0 Å². The summed E-state index contributed by atoms with van der Waals surface area (Å²) < 4.78 is 11.4. The second-order valence-corrected chi connectivity index (χ2v) is 11.0. The summed E-state index contributed by atoms with van der Waals surface area (Å²) in [6, 6.07) is 0. The van der Waals surface area contributed by atoms with Crippen LogP contribution in [-0.4, -0.2) is 40.3 Å². The summed E-state index contributed by atoms with van der Waals surface area (Å²) in [6.45, 7) is 14.4. The molecule has 2 saturated carbocycles. The molecule has 5 nitrogen and oxygen atoms in total. The number of aliphatic hydroxyl groups excluding tert-OH is 1. The predicted molar refractivity (Wildman–Crippen MR) is 140 cm³/mol. The van der Waals surface area contributed by atoms with Gasteiger partial charge in [0.05, 0.1) is 6.10 Å². The Morgan fingerprint density at radius 1 is 1.23 bits per heavy atom. The van der Waals surface area contributed by atoms with Crippen LogP contribution in [0.15, 0.2) is 47.1 Å². The third-order valence-corrected chi connectivity index (χ3v) is 9.11. The third kappa shape index (κ3) is 5.84. The largest absolute Gasteiger partial charge is 0.457 e. The van der Waals surface area contributed by atoms with Crippen LogP contribution >= 0.6 is 0 Å². The lowest BCUT2D eigenvalue weighted by Gasteiger charge is -2.41. The predicted octanol–water partition coefficient (Wildman–Crippen LogP) is 6.31. The van der Waals surface area contributed by atoms with Crippen LogP contribution in [0.4, 0.5) is 0 Å². The highest BCUT2D eigenvalue weighted by Gasteiger charge is 2.44. The number of aliphatic hydroxyl groups is 2. The fourth-order valence-electron chi connectivity index (χ4n) is 6.49. The van der Waals surface area contributed by atoms with E-state index in [0.29, 0.717) is 11.5 Å². The minimum atomic E-state index is -1.64. The van der Waals surface area contributed by atoms with E-state index in [4.69, 9.17) is 9.47 Å². The molecule has 0 aromatic carbocycles. The summed E-state index contributed by atoms with van der Waals surface area (Å²) >= 11 is 0. The standard InChI is InChI=1S/C30H46O5/c1-7-24-15-16-25-22(12-11-17-28(24,25)6)13-14-23-18-30(33,19-26(31)21(23)5)34-20-27(32)35-29(8-2,9-3)10-4/h13-15,25-26,31,33H,5,7-12,16-20H2,1-4,6H3/t25-,26-,28+,30-/m0/s1. The fourth-order valence-corrected chi connectivity index (χ4v) is 6.49. The average molecular weight is 487 g/mol. The van der Waals surface area contributed by atoms with E-state index in [1.807, 2.05) is 26.8 Å². The van der Waals surface area contributed by atoms with E-state index >= 15 is 0 Å². The molecule has 0 radical (unpaired) electrons. The highest BCUT2D eigenvalue weighted by atomic mass is 16.6. The SMILES string of the molecule is C=C1C(=CC=C2CCC[C@]3(C)C(CC)=CC[C@@H]23)C[C@](O)(OCC(=O)OC(CC)(CC)CC)C[C@@H]1O. The molecule has 0 unspecified atom stereocenters. The van der Waals surface area contributed by atoms with Crippen molar-refractivity contribution in [2.24, 2.45) is 11.3 Å². The van der Waals surface area contributed by atoms with E-state index in [2.05, 4.69) is 32.6 Å². The maximum Gasteiger partial charge on any atom is 0.332 e. The molecule has 4 atom stereocenters. The van der Waals surface area contributed by atoms with Gasteiger partial charge >= 0.3 is 5.97 Å². The van der Waals surface area contributed by atoms with Gasteiger partial charge in [-0.2, -0.15) is 0 Å². The molecular weight excluding hydrogens is 440 g/mol. The quantitative estimate of drug-likeness (QED) is 0.227. The van der Waals surface area contributed by atoms with Gasteiger partial charge in [-0.25, -0.2) is 4.79 Å². The lowest BCUT2D eigenvalue weighted by atomic mass is 9.64. The van der Waals surface area contributed by atoms with Crippen molar-refractivity contribution in [2.75, 3.05) is 6.61 Å². The molecule has 0 spiro atoms. The molecule has 3 aliphatic carbocycles.